The van der Waals surface area contributed by atoms with Gasteiger partial charge in [0.2, 0.25) is 0 Å². The summed E-state index contributed by atoms with van der Waals surface area (Å²) in [4.78, 5) is 12.8. The molecule has 20 heavy (non-hydrogen) atoms. The van der Waals surface area contributed by atoms with Crippen LogP contribution in [0.2, 0.25) is 0 Å². The number of pyridine rings is 3. The molecule has 98 valence electrons. The molecule has 3 N–H and O–H groups in total. The van der Waals surface area contributed by atoms with Crippen LogP contribution in [-0.4, -0.2) is 20.1 Å². The predicted molar refractivity (Wildman–Crippen MR) is 76.8 cm³/mol. The van der Waals surface area contributed by atoms with E-state index in [-0.39, 0.29) is 11.4 Å². The van der Waals surface area contributed by atoms with Crippen LogP contribution in [0.1, 0.15) is 0 Å². The summed E-state index contributed by atoms with van der Waals surface area (Å²) in [6.45, 7) is 0. The summed E-state index contributed by atoms with van der Waals surface area (Å²) in [7, 11) is 0. The average molecular weight is 264 g/mol. The van der Waals surface area contributed by atoms with Crippen molar-refractivity contribution in [3.63, 3.8) is 0 Å². The fourth-order valence-corrected chi connectivity index (χ4v) is 1.88. The molecule has 0 aliphatic carbocycles. The first kappa shape index (κ1) is 12.1. The molecule has 0 aliphatic rings. The molecule has 0 aromatic carbocycles. The van der Waals surface area contributed by atoms with Crippen molar-refractivity contribution in [2.75, 3.05) is 5.73 Å². The molecule has 0 atom stereocenters. The topological polar surface area (TPSA) is 84.9 Å². The van der Waals surface area contributed by atoms with Gasteiger partial charge >= 0.3 is 0 Å². The van der Waals surface area contributed by atoms with Crippen molar-refractivity contribution in [1.82, 2.24) is 15.0 Å². The van der Waals surface area contributed by atoms with Crippen molar-refractivity contribution in [3.05, 3.63) is 54.9 Å². The second kappa shape index (κ2) is 4.97. The van der Waals surface area contributed by atoms with Crippen molar-refractivity contribution >= 4 is 5.69 Å². The van der Waals surface area contributed by atoms with Crippen LogP contribution in [0.25, 0.3) is 22.8 Å². The fourth-order valence-electron chi connectivity index (χ4n) is 1.88. The molecule has 0 radical (unpaired) electrons. The average Bonchev–Trinajstić information content (AvgIpc) is 2.51. The third-order valence-electron chi connectivity index (χ3n) is 2.86. The Morgan fingerprint density at radius 3 is 2.10 bits per heavy atom. The first-order chi connectivity index (χ1) is 9.75. The SMILES string of the molecule is Nc1cc(-c2ccccn2)nc(-c2ccccn2)c1O. The third-order valence-corrected chi connectivity index (χ3v) is 2.86. The summed E-state index contributed by atoms with van der Waals surface area (Å²) in [6, 6.07) is 12.5. The lowest BCUT2D eigenvalue weighted by atomic mass is 10.1. The molecule has 0 unspecified atom stereocenters. The molecule has 0 spiro atoms. The minimum atomic E-state index is -0.0663. The van der Waals surface area contributed by atoms with Gasteiger partial charge in [-0.25, -0.2) is 4.98 Å². The van der Waals surface area contributed by atoms with Gasteiger partial charge in [0.1, 0.15) is 5.69 Å². The van der Waals surface area contributed by atoms with E-state index in [1.54, 1.807) is 30.6 Å². The van der Waals surface area contributed by atoms with Gasteiger partial charge in [-0.3, -0.25) is 9.97 Å². The Hall–Kier alpha value is -2.95. The zero-order valence-corrected chi connectivity index (χ0v) is 10.6. The van der Waals surface area contributed by atoms with Crippen LogP contribution in [0.4, 0.5) is 5.69 Å². The lowest BCUT2D eigenvalue weighted by Crippen LogP contribution is -1.96. The summed E-state index contributed by atoms with van der Waals surface area (Å²) in [5.74, 6) is -0.0663. The van der Waals surface area contributed by atoms with E-state index in [0.717, 1.165) is 0 Å². The minimum absolute atomic E-state index is 0.0663. The quantitative estimate of drug-likeness (QED) is 0.742. The van der Waals surface area contributed by atoms with Crippen LogP contribution in [0.3, 0.4) is 0 Å². The van der Waals surface area contributed by atoms with Crippen molar-refractivity contribution in [1.29, 1.82) is 0 Å². The number of aromatic nitrogens is 3. The van der Waals surface area contributed by atoms with Crippen LogP contribution in [-0.2, 0) is 0 Å². The molecular weight excluding hydrogens is 252 g/mol. The van der Waals surface area contributed by atoms with Crippen molar-refractivity contribution in [2.45, 2.75) is 0 Å². The van der Waals surface area contributed by atoms with Crippen molar-refractivity contribution in [2.24, 2.45) is 0 Å². The van der Waals surface area contributed by atoms with Crippen LogP contribution in [0, 0.1) is 0 Å². The van der Waals surface area contributed by atoms with Gasteiger partial charge in [0.15, 0.2) is 5.75 Å². The summed E-state index contributed by atoms with van der Waals surface area (Å²) in [5.41, 5.74) is 8.31. The maximum absolute atomic E-state index is 10.1. The smallest absolute Gasteiger partial charge is 0.166 e. The Morgan fingerprint density at radius 2 is 1.50 bits per heavy atom. The van der Waals surface area contributed by atoms with E-state index < -0.39 is 0 Å². The Morgan fingerprint density at radius 1 is 0.850 bits per heavy atom. The first-order valence-electron chi connectivity index (χ1n) is 6.08. The lowest BCUT2D eigenvalue weighted by molar-refractivity contribution is 0.477. The van der Waals surface area contributed by atoms with Gasteiger partial charge in [-0.1, -0.05) is 12.1 Å². The number of rotatable bonds is 2. The number of anilines is 1. The van der Waals surface area contributed by atoms with Crippen LogP contribution < -0.4 is 5.73 Å². The monoisotopic (exact) mass is 264 g/mol. The summed E-state index contributed by atoms with van der Waals surface area (Å²) >= 11 is 0. The predicted octanol–water partition coefficient (Wildman–Crippen LogP) is 2.49. The van der Waals surface area contributed by atoms with Gasteiger partial charge in [0, 0.05) is 12.4 Å². The normalized spacial score (nSPS) is 10.4. The van der Waals surface area contributed by atoms with Crippen molar-refractivity contribution < 1.29 is 5.11 Å². The highest BCUT2D eigenvalue weighted by Crippen LogP contribution is 2.33. The molecule has 3 aromatic rings. The number of nitrogens with two attached hydrogens (primary N) is 1. The molecule has 0 aliphatic heterocycles. The number of hydrogen-bond acceptors (Lipinski definition) is 5. The summed E-state index contributed by atoms with van der Waals surface area (Å²) < 4.78 is 0. The number of hydrogen-bond donors (Lipinski definition) is 2. The van der Waals surface area contributed by atoms with Gasteiger partial charge in [0.25, 0.3) is 0 Å². The van der Waals surface area contributed by atoms with Gasteiger partial charge in [-0.2, -0.15) is 0 Å². The Kier molecular flexibility index (Phi) is 3.01. The van der Waals surface area contributed by atoms with E-state index in [0.29, 0.717) is 22.8 Å². The standard InChI is InChI=1S/C15H12N4O/c16-10-9-13(11-5-1-3-7-17-11)19-14(15(10)20)12-6-2-4-8-18-12/h1-9,20H,(H2,16,19). The molecule has 5 nitrogen and oxygen atoms in total. The molecule has 0 saturated heterocycles. The number of aromatic hydroxyl groups is 1. The van der Waals surface area contributed by atoms with E-state index in [9.17, 15) is 5.11 Å². The minimum Gasteiger partial charge on any atom is -0.504 e. The zero-order chi connectivity index (χ0) is 13.9. The van der Waals surface area contributed by atoms with Gasteiger partial charge in [0.05, 0.1) is 22.8 Å². The summed E-state index contributed by atoms with van der Waals surface area (Å²) in [6.07, 6.45) is 3.32. The molecule has 3 aromatic heterocycles. The summed E-state index contributed by atoms with van der Waals surface area (Å²) in [5, 5.41) is 10.1. The number of nitrogen functional groups attached to an aromatic ring is 1. The largest absolute Gasteiger partial charge is 0.504 e. The molecule has 0 bridgehead atoms. The van der Waals surface area contributed by atoms with E-state index in [1.165, 1.54) is 0 Å². The Bertz CT molecular complexity index is 730. The molecular formula is C15H12N4O. The first-order valence-corrected chi connectivity index (χ1v) is 6.08. The van der Waals surface area contributed by atoms with Gasteiger partial charge in [-0.15, -0.1) is 0 Å². The lowest BCUT2D eigenvalue weighted by Gasteiger charge is -2.09. The Labute approximate surface area is 115 Å². The highest BCUT2D eigenvalue weighted by atomic mass is 16.3. The number of nitrogens with zero attached hydrogens (tertiary/aromatic N) is 3. The fraction of sp³-hybridized carbons (Fsp3) is 0. The third kappa shape index (κ3) is 2.16. The van der Waals surface area contributed by atoms with Crippen molar-refractivity contribution in [3.8, 4) is 28.5 Å². The molecule has 0 amide bonds. The van der Waals surface area contributed by atoms with E-state index in [4.69, 9.17) is 5.73 Å². The molecule has 0 fully saturated rings. The van der Waals surface area contributed by atoms with Gasteiger partial charge < -0.3 is 10.8 Å². The molecule has 3 heterocycles. The van der Waals surface area contributed by atoms with Crippen LogP contribution in [0.15, 0.2) is 54.9 Å². The molecule has 3 rings (SSSR count). The zero-order valence-electron chi connectivity index (χ0n) is 10.6. The molecule has 0 saturated carbocycles. The van der Waals surface area contributed by atoms with Crippen LogP contribution in [0.5, 0.6) is 5.75 Å². The second-order valence-electron chi connectivity index (χ2n) is 4.22. The molecule has 5 heteroatoms. The Balaban J connectivity index is 2.19. The van der Waals surface area contributed by atoms with E-state index in [1.807, 2.05) is 24.3 Å². The highest BCUT2D eigenvalue weighted by molar-refractivity contribution is 5.75. The van der Waals surface area contributed by atoms with Gasteiger partial charge in [-0.05, 0) is 30.3 Å². The maximum Gasteiger partial charge on any atom is 0.166 e. The highest BCUT2D eigenvalue weighted by Gasteiger charge is 2.14. The maximum atomic E-state index is 10.1. The second-order valence-corrected chi connectivity index (χ2v) is 4.22. The van der Waals surface area contributed by atoms with E-state index >= 15 is 0 Å². The van der Waals surface area contributed by atoms with E-state index in [2.05, 4.69) is 15.0 Å². The van der Waals surface area contributed by atoms with Crippen LogP contribution >= 0.6 is 0 Å².